The summed E-state index contributed by atoms with van der Waals surface area (Å²) < 4.78 is 1.55. The monoisotopic (exact) mass is 270 g/mol. The van der Waals surface area contributed by atoms with Gasteiger partial charge < -0.3 is 4.90 Å². The van der Waals surface area contributed by atoms with Crippen molar-refractivity contribution in [2.75, 3.05) is 18.0 Å². The average Bonchev–Trinajstić information content (AvgIpc) is 2.97. The molecule has 2 aromatic rings. The molecule has 1 aliphatic heterocycles. The summed E-state index contributed by atoms with van der Waals surface area (Å²) in [5, 5.41) is 7.69. The fraction of sp³-hybridized carbons (Fsp3) is 0.400. The summed E-state index contributed by atoms with van der Waals surface area (Å²) in [5.74, 6) is 0.829. The van der Waals surface area contributed by atoms with E-state index in [1.165, 1.54) is 24.7 Å². The number of piperidine rings is 1. The van der Waals surface area contributed by atoms with Crippen LogP contribution in [0.3, 0.4) is 0 Å². The van der Waals surface area contributed by atoms with E-state index in [0.29, 0.717) is 5.69 Å². The van der Waals surface area contributed by atoms with Gasteiger partial charge in [-0.1, -0.05) is 12.1 Å². The number of hydrogen-bond acceptors (Lipinski definition) is 4. The third-order valence-electron chi connectivity index (χ3n) is 3.94. The molecule has 0 radical (unpaired) electrons. The Morgan fingerprint density at radius 3 is 2.45 bits per heavy atom. The van der Waals surface area contributed by atoms with E-state index in [1.807, 2.05) is 12.1 Å². The lowest BCUT2D eigenvalue weighted by molar-refractivity contribution is 0.111. The van der Waals surface area contributed by atoms with Gasteiger partial charge in [0.25, 0.3) is 0 Å². The molecule has 5 heteroatoms. The van der Waals surface area contributed by atoms with E-state index in [9.17, 15) is 4.79 Å². The van der Waals surface area contributed by atoms with E-state index in [4.69, 9.17) is 0 Å². The van der Waals surface area contributed by atoms with Gasteiger partial charge in [0.15, 0.2) is 6.29 Å². The maximum absolute atomic E-state index is 10.9. The Bertz CT molecular complexity index is 582. The Morgan fingerprint density at radius 2 is 1.80 bits per heavy atom. The molecule has 0 saturated carbocycles. The SMILES string of the molecule is CC1CCN(c2ccc(-n3nncc3C=O)cc2)CC1. The first-order chi connectivity index (χ1) is 9.78. The van der Waals surface area contributed by atoms with Crippen molar-refractivity contribution >= 4 is 12.0 Å². The Balaban J connectivity index is 1.79. The number of hydrogen-bond donors (Lipinski definition) is 0. The minimum atomic E-state index is 0.463. The van der Waals surface area contributed by atoms with Crippen LogP contribution in [0.4, 0.5) is 5.69 Å². The standard InChI is InChI=1S/C15H18N4O/c1-12-6-8-18(9-7-12)13-2-4-14(5-3-13)19-15(11-20)10-16-17-19/h2-5,10-12H,6-9H2,1H3. The summed E-state index contributed by atoms with van der Waals surface area (Å²) in [4.78, 5) is 13.3. The summed E-state index contributed by atoms with van der Waals surface area (Å²) in [6, 6.07) is 8.13. The van der Waals surface area contributed by atoms with E-state index in [2.05, 4.69) is 34.3 Å². The third kappa shape index (κ3) is 2.43. The number of carbonyl (C=O) groups is 1. The van der Waals surface area contributed by atoms with Crippen LogP contribution in [0.5, 0.6) is 0 Å². The highest BCUT2D eigenvalue weighted by Crippen LogP contribution is 2.23. The molecule has 1 fully saturated rings. The number of nitrogens with zero attached hydrogens (tertiary/aromatic N) is 4. The molecule has 1 aliphatic rings. The van der Waals surface area contributed by atoms with Gasteiger partial charge in [-0.05, 0) is 43.0 Å². The molecule has 2 heterocycles. The van der Waals surface area contributed by atoms with E-state index in [0.717, 1.165) is 31.0 Å². The Morgan fingerprint density at radius 1 is 1.15 bits per heavy atom. The fourth-order valence-electron chi connectivity index (χ4n) is 2.60. The zero-order valence-electron chi connectivity index (χ0n) is 11.6. The van der Waals surface area contributed by atoms with Crippen LogP contribution in [0.15, 0.2) is 30.5 Å². The van der Waals surface area contributed by atoms with Crippen molar-refractivity contribution in [2.45, 2.75) is 19.8 Å². The van der Waals surface area contributed by atoms with Crippen LogP contribution >= 0.6 is 0 Å². The predicted octanol–water partition coefficient (Wildman–Crippen LogP) is 2.32. The molecular weight excluding hydrogens is 252 g/mol. The van der Waals surface area contributed by atoms with Crippen LogP contribution in [0.1, 0.15) is 30.3 Å². The average molecular weight is 270 g/mol. The molecule has 20 heavy (non-hydrogen) atoms. The minimum absolute atomic E-state index is 0.463. The van der Waals surface area contributed by atoms with E-state index < -0.39 is 0 Å². The number of aromatic nitrogens is 3. The van der Waals surface area contributed by atoms with Crippen molar-refractivity contribution in [2.24, 2.45) is 5.92 Å². The molecule has 1 saturated heterocycles. The summed E-state index contributed by atoms with van der Waals surface area (Å²) in [5.41, 5.74) is 2.55. The summed E-state index contributed by atoms with van der Waals surface area (Å²) >= 11 is 0. The van der Waals surface area contributed by atoms with Gasteiger partial charge >= 0.3 is 0 Å². The Hall–Kier alpha value is -2.17. The molecule has 0 N–H and O–H groups in total. The number of carbonyl (C=O) groups excluding carboxylic acids is 1. The molecule has 1 aromatic heterocycles. The molecule has 0 amide bonds. The lowest BCUT2D eigenvalue weighted by atomic mass is 9.99. The molecule has 3 rings (SSSR count). The smallest absolute Gasteiger partial charge is 0.170 e. The third-order valence-corrected chi connectivity index (χ3v) is 3.94. The zero-order chi connectivity index (χ0) is 13.9. The van der Waals surface area contributed by atoms with Crippen molar-refractivity contribution in [3.8, 4) is 5.69 Å². The zero-order valence-corrected chi connectivity index (χ0v) is 11.6. The maximum Gasteiger partial charge on any atom is 0.170 e. The van der Waals surface area contributed by atoms with Gasteiger partial charge in [-0.25, -0.2) is 4.68 Å². The van der Waals surface area contributed by atoms with Crippen molar-refractivity contribution in [3.05, 3.63) is 36.2 Å². The van der Waals surface area contributed by atoms with Crippen LogP contribution in [0.25, 0.3) is 5.69 Å². The first kappa shape index (κ1) is 12.8. The number of rotatable bonds is 3. The van der Waals surface area contributed by atoms with Crippen LogP contribution in [0.2, 0.25) is 0 Å². The fourth-order valence-corrected chi connectivity index (χ4v) is 2.60. The second-order valence-electron chi connectivity index (χ2n) is 5.37. The Kier molecular flexibility index (Phi) is 3.50. The van der Waals surface area contributed by atoms with Gasteiger partial charge in [-0.15, -0.1) is 5.10 Å². The van der Waals surface area contributed by atoms with Crippen molar-refractivity contribution in [3.63, 3.8) is 0 Å². The molecule has 5 nitrogen and oxygen atoms in total. The van der Waals surface area contributed by atoms with Gasteiger partial charge in [-0.3, -0.25) is 4.79 Å². The topological polar surface area (TPSA) is 51.0 Å². The Labute approximate surface area is 118 Å². The normalized spacial score (nSPS) is 16.4. The van der Waals surface area contributed by atoms with Gasteiger partial charge in [0.1, 0.15) is 5.69 Å². The molecule has 0 spiro atoms. The summed E-state index contributed by atoms with van der Waals surface area (Å²) in [6.07, 6.45) is 4.73. The number of benzene rings is 1. The molecule has 1 aromatic carbocycles. The van der Waals surface area contributed by atoms with Crippen LogP contribution in [-0.4, -0.2) is 34.4 Å². The van der Waals surface area contributed by atoms with Gasteiger partial charge in [0, 0.05) is 18.8 Å². The molecule has 0 aliphatic carbocycles. The van der Waals surface area contributed by atoms with Crippen molar-refractivity contribution < 1.29 is 4.79 Å². The molecule has 0 bridgehead atoms. The molecule has 0 unspecified atom stereocenters. The predicted molar refractivity (Wildman–Crippen MR) is 77.4 cm³/mol. The first-order valence-corrected chi connectivity index (χ1v) is 6.99. The highest BCUT2D eigenvalue weighted by atomic mass is 16.1. The molecule has 104 valence electrons. The lowest BCUT2D eigenvalue weighted by Crippen LogP contribution is -2.32. The second kappa shape index (κ2) is 5.45. The van der Waals surface area contributed by atoms with Gasteiger partial charge in [0.2, 0.25) is 0 Å². The van der Waals surface area contributed by atoms with Crippen molar-refractivity contribution in [1.82, 2.24) is 15.0 Å². The lowest BCUT2D eigenvalue weighted by Gasteiger charge is -2.32. The summed E-state index contributed by atoms with van der Waals surface area (Å²) in [7, 11) is 0. The maximum atomic E-state index is 10.9. The summed E-state index contributed by atoms with van der Waals surface area (Å²) in [6.45, 7) is 4.54. The number of aldehydes is 1. The second-order valence-corrected chi connectivity index (χ2v) is 5.37. The van der Waals surface area contributed by atoms with E-state index >= 15 is 0 Å². The largest absolute Gasteiger partial charge is 0.372 e. The van der Waals surface area contributed by atoms with Crippen LogP contribution in [0, 0.1) is 5.92 Å². The van der Waals surface area contributed by atoms with Gasteiger partial charge in [-0.2, -0.15) is 0 Å². The molecule has 0 atom stereocenters. The van der Waals surface area contributed by atoms with Gasteiger partial charge in [0.05, 0.1) is 11.9 Å². The van der Waals surface area contributed by atoms with Crippen molar-refractivity contribution in [1.29, 1.82) is 0 Å². The molecular formula is C15H18N4O. The highest BCUT2D eigenvalue weighted by Gasteiger charge is 2.16. The quantitative estimate of drug-likeness (QED) is 0.803. The van der Waals surface area contributed by atoms with Crippen LogP contribution < -0.4 is 4.90 Å². The van der Waals surface area contributed by atoms with Crippen LogP contribution in [-0.2, 0) is 0 Å². The number of anilines is 1. The highest BCUT2D eigenvalue weighted by molar-refractivity contribution is 5.72. The van der Waals surface area contributed by atoms with E-state index in [1.54, 1.807) is 4.68 Å². The first-order valence-electron chi connectivity index (χ1n) is 6.99. The van der Waals surface area contributed by atoms with E-state index in [-0.39, 0.29) is 0 Å². The minimum Gasteiger partial charge on any atom is -0.372 e.